The minimum atomic E-state index is 0.627. The summed E-state index contributed by atoms with van der Waals surface area (Å²) < 4.78 is 10.6. The van der Waals surface area contributed by atoms with E-state index in [0.717, 1.165) is 17.7 Å². The number of para-hydroxylation sites is 1. The van der Waals surface area contributed by atoms with E-state index in [-0.39, 0.29) is 0 Å². The molecule has 0 spiro atoms. The maximum absolute atomic E-state index is 5.59. The standard InChI is InChI=1S/C11H12N2O2/c1-2-7-14-10-6-4-3-5-9(10)11-8-12-13-15-11/h3-6,8H,2,7H2,1H3. The lowest BCUT2D eigenvalue weighted by Crippen LogP contribution is -1.96. The average Bonchev–Trinajstić information content (AvgIpc) is 2.80. The molecule has 4 nitrogen and oxygen atoms in total. The Hall–Kier alpha value is -1.84. The Balaban J connectivity index is 2.30. The molecule has 0 unspecified atom stereocenters. The highest BCUT2D eigenvalue weighted by molar-refractivity contribution is 5.64. The van der Waals surface area contributed by atoms with Gasteiger partial charge in [-0.15, -0.1) is 5.10 Å². The summed E-state index contributed by atoms with van der Waals surface area (Å²) in [6, 6.07) is 7.69. The van der Waals surface area contributed by atoms with Crippen molar-refractivity contribution in [3.8, 4) is 17.1 Å². The molecular formula is C11H12N2O2. The van der Waals surface area contributed by atoms with Crippen LogP contribution in [-0.2, 0) is 0 Å². The topological polar surface area (TPSA) is 48.2 Å². The Labute approximate surface area is 87.9 Å². The van der Waals surface area contributed by atoms with E-state index in [1.165, 1.54) is 0 Å². The van der Waals surface area contributed by atoms with Gasteiger partial charge < -0.3 is 9.26 Å². The van der Waals surface area contributed by atoms with Crippen LogP contribution in [0.4, 0.5) is 0 Å². The number of ether oxygens (including phenoxy) is 1. The van der Waals surface area contributed by atoms with Gasteiger partial charge in [-0.1, -0.05) is 19.1 Å². The molecule has 0 bridgehead atoms. The van der Waals surface area contributed by atoms with Gasteiger partial charge in [-0.2, -0.15) is 0 Å². The van der Waals surface area contributed by atoms with Crippen molar-refractivity contribution in [3.05, 3.63) is 30.5 Å². The van der Waals surface area contributed by atoms with Crippen molar-refractivity contribution in [2.45, 2.75) is 13.3 Å². The first-order valence-corrected chi connectivity index (χ1v) is 4.91. The minimum absolute atomic E-state index is 0.627. The van der Waals surface area contributed by atoms with Crippen LogP contribution >= 0.6 is 0 Å². The molecule has 1 heterocycles. The number of benzene rings is 1. The van der Waals surface area contributed by atoms with E-state index in [1.807, 2.05) is 24.3 Å². The first kappa shape index (κ1) is 9.71. The third-order valence-corrected chi connectivity index (χ3v) is 1.98. The number of rotatable bonds is 4. The van der Waals surface area contributed by atoms with Crippen LogP contribution in [0.2, 0.25) is 0 Å². The third-order valence-electron chi connectivity index (χ3n) is 1.98. The number of hydrogen-bond acceptors (Lipinski definition) is 4. The van der Waals surface area contributed by atoms with Crippen LogP contribution in [0, 0.1) is 0 Å². The quantitative estimate of drug-likeness (QED) is 0.767. The van der Waals surface area contributed by atoms with Crippen LogP contribution in [0.1, 0.15) is 13.3 Å². The number of nitrogens with zero attached hydrogens (tertiary/aromatic N) is 2. The van der Waals surface area contributed by atoms with E-state index in [2.05, 4.69) is 17.3 Å². The fraction of sp³-hybridized carbons (Fsp3) is 0.273. The Kier molecular flexibility index (Phi) is 2.97. The van der Waals surface area contributed by atoms with Crippen molar-refractivity contribution in [2.75, 3.05) is 6.61 Å². The normalized spacial score (nSPS) is 10.2. The molecule has 4 heteroatoms. The molecule has 78 valence electrons. The lowest BCUT2D eigenvalue weighted by atomic mass is 10.1. The van der Waals surface area contributed by atoms with E-state index in [1.54, 1.807) is 6.20 Å². The van der Waals surface area contributed by atoms with Gasteiger partial charge in [-0.3, -0.25) is 0 Å². The van der Waals surface area contributed by atoms with Gasteiger partial charge in [0.15, 0.2) is 5.76 Å². The predicted octanol–water partition coefficient (Wildman–Crippen LogP) is 2.53. The largest absolute Gasteiger partial charge is 0.493 e. The highest BCUT2D eigenvalue weighted by Crippen LogP contribution is 2.28. The van der Waals surface area contributed by atoms with Crippen LogP contribution in [0.3, 0.4) is 0 Å². The fourth-order valence-electron chi connectivity index (χ4n) is 1.29. The summed E-state index contributed by atoms with van der Waals surface area (Å²) >= 11 is 0. The molecule has 2 rings (SSSR count). The first-order chi connectivity index (χ1) is 7.42. The van der Waals surface area contributed by atoms with Crippen LogP contribution in [0.5, 0.6) is 5.75 Å². The molecule has 15 heavy (non-hydrogen) atoms. The van der Waals surface area contributed by atoms with E-state index in [4.69, 9.17) is 9.26 Å². The second-order valence-corrected chi connectivity index (χ2v) is 3.13. The summed E-state index contributed by atoms with van der Waals surface area (Å²) in [6.07, 6.45) is 2.55. The molecule has 0 aliphatic carbocycles. The summed E-state index contributed by atoms with van der Waals surface area (Å²) in [7, 11) is 0. The summed E-state index contributed by atoms with van der Waals surface area (Å²) in [5.74, 6) is 1.43. The van der Waals surface area contributed by atoms with Gasteiger partial charge in [0, 0.05) is 5.27 Å². The third kappa shape index (κ3) is 2.15. The first-order valence-electron chi connectivity index (χ1n) is 4.91. The molecule has 0 saturated carbocycles. The highest BCUT2D eigenvalue weighted by Gasteiger charge is 2.08. The molecule has 0 aliphatic rings. The Morgan fingerprint density at radius 3 is 2.93 bits per heavy atom. The van der Waals surface area contributed by atoms with Crippen LogP contribution in [-0.4, -0.2) is 17.0 Å². The molecular weight excluding hydrogens is 192 g/mol. The average molecular weight is 204 g/mol. The molecule has 0 fully saturated rings. The molecule has 0 N–H and O–H groups in total. The zero-order valence-corrected chi connectivity index (χ0v) is 8.51. The predicted molar refractivity (Wildman–Crippen MR) is 55.5 cm³/mol. The van der Waals surface area contributed by atoms with Crippen LogP contribution in [0.25, 0.3) is 11.3 Å². The van der Waals surface area contributed by atoms with E-state index in [0.29, 0.717) is 12.4 Å². The van der Waals surface area contributed by atoms with Crippen LogP contribution in [0.15, 0.2) is 35.0 Å². The number of aromatic nitrogens is 2. The smallest absolute Gasteiger partial charge is 0.191 e. The fourth-order valence-corrected chi connectivity index (χ4v) is 1.29. The molecule has 0 atom stereocenters. The van der Waals surface area contributed by atoms with Gasteiger partial charge in [-0.25, -0.2) is 0 Å². The van der Waals surface area contributed by atoms with Crippen molar-refractivity contribution < 1.29 is 9.26 Å². The lowest BCUT2D eigenvalue weighted by Gasteiger charge is -2.07. The SMILES string of the molecule is CCCOc1ccccc1-c1cnno1. The molecule has 0 radical (unpaired) electrons. The highest BCUT2D eigenvalue weighted by atomic mass is 16.5. The van der Waals surface area contributed by atoms with Gasteiger partial charge in [-0.05, 0) is 18.6 Å². The zero-order chi connectivity index (χ0) is 10.5. The van der Waals surface area contributed by atoms with Crippen molar-refractivity contribution in [2.24, 2.45) is 0 Å². The van der Waals surface area contributed by atoms with Crippen LogP contribution < -0.4 is 4.74 Å². The Morgan fingerprint density at radius 2 is 2.20 bits per heavy atom. The van der Waals surface area contributed by atoms with Crippen molar-refractivity contribution in [3.63, 3.8) is 0 Å². The maximum Gasteiger partial charge on any atom is 0.191 e. The lowest BCUT2D eigenvalue weighted by molar-refractivity contribution is 0.317. The molecule has 0 aliphatic heterocycles. The maximum atomic E-state index is 5.59. The van der Waals surface area contributed by atoms with Gasteiger partial charge in [0.05, 0.1) is 18.4 Å². The Morgan fingerprint density at radius 1 is 1.33 bits per heavy atom. The molecule has 1 aromatic carbocycles. The monoisotopic (exact) mass is 204 g/mol. The van der Waals surface area contributed by atoms with Gasteiger partial charge in [0.25, 0.3) is 0 Å². The molecule has 0 amide bonds. The van der Waals surface area contributed by atoms with Gasteiger partial charge >= 0.3 is 0 Å². The van der Waals surface area contributed by atoms with Gasteiger partial charge in [0.1, 0.15) is 5.75 Å². The van der Waals surface area contributed by atoms with Crippen molar-refractivity contribution in [1.29, 1.82) is 0 Å². The van der Waals surface area contributed by atoms with E-state index >= 15 is 0 Å². The summed E-state index contributed by atoms with van der Waals surface area (Å²) in [4.78, 5) is 0. The van der Waals surface area contributed by atoms with Crippen molar-refractivity contribution in [1.82, 2.24) is 10.4 Å². The van der Waals surface area contributed by atoms with E-state index in [9.17, 15) is 0 Å². The second-order valence-electron chi connectivity index (χ2n) is 3.13. The molecule has 0 saturated heterocycles. The number of hydrogen-bond donors (Lipinski definition) is 0. The van der Waals surface area contributed by atoms with E-state index < -0.39 is 0 Å². The van der Waals surface area contributed by atoms with Gasteiger partial charge in [0.2, 0.25) is 0 Å². The molecule has 2 aromatic rings. The second kappa shape index (κ2) is 4.59. The summed E-state index contributed by atoms with van der Waals surface area (Å²) in [5.41, 5.74) is 0.885. The minimum Gasteiger partial charge on any atom is -0.493 e. The molecule has 1 aromatic heterocycles. The summed E-state index contributed by atoms with van der Waals surface area (Å²) in [6.45, 7) is 2.76. The zero-order valence-electron chi connectivity index (χ0n) is 8.51. The van der Waals surface area contributed by atoms with Crippen molar-refractivity contribution >= 4 is 0 Å². The summed E-state index contributed by atoms with van der Waals surface area (Å²) in [5, 5.41) is 7.09. The Bertz CT molecular complexity index is 412.